The van der Waals surface area contributed by atoms with Gasteiger partial charge in [-0.25, -0.2) is 18.4 Å². The zero-order valence-electron chi connectivity index (χ0n) is 32.6. The highest BCUT2D eigenvalue weighted by Crippen LogP contribution is 2.46. The van der Waals surface area contributed by atoms with Gasteiger partial charge in [0.2, 0.25) is 23.6 Å². The Morgan fingerprint density at radius 3 is 2.46 bits per heavy atom. The molecule has 16 heteroatoms. The molecule has 4 aliphatic rings. The summed E-state index contributed by atoms with van der Waals surface area (Å²) < 4.78 is 39.6. The molecule has 6 amide bonds. The van der Waals surface area contributed by atoms with Crippen LogP contribution in [-0.4, -0.2) is 88.5 Å². The molecule has 306 valence electrons. The minimum absolute atomic E-state index is 0.0104. The van der Waals surface area contributed by atoms with Crippen LogP contribution in [0.5, 0.6) is 0 Å². The fourth-order valence-corrected chi connectivity index (χ4v) is 7.70. The standard InChI is InChI=1S/C41H50F2N6O8/c1-40(2,3)57-38(54)45-31-14-9-7-5-6-8-12-26-20-41(26,37(53)46-33(35(51)44-4)24-15-17-27(42)18-16-24)47-34(50)32-19-28(22-49(32)36(31)52)56-39(55)48-21-25-11-10-13-30(43)29(25)23-48/h8,10-13,15-18,26,28,31-33H,5-7,9,14,19-23H2,1-4H3,(H,44,51)(H,45,54)(H,46,53)(H,47,50)/b12-8-/t26-,28+,31-,32-,33-,41+/m0/s1. The highest BCUT2D eigenvalue weighted by Gasteiger charge is 2.61. The predicted molar refractivity (Wildman–Crippen MR) is 202 cm³/mol. The summed E-state index contributed by atoms with van der Waals surface area (Å²) in [5.41, 5.74) is -1.01. The van der Waals surface area contributed by atoms with Crippen LogP contribution in [0.2, 0.25) is 0 Å². The Labute approximate surface area is 330 Å². The maximum Gasteiger partial charge on any atom is 0.410 e. The molecule has 4 N–H and O–H groups in total. The monoisotopic (exact) mass is 792 g/mol. The Hall–Kier alpha value is -5.54. The summed E-state index contributed by atoms with van der Waals surface area (Å²) in [6.07, 6.45) is 4.25. The van der Waals surface area contributed by atoms with Crippen LogP contribution >= 0.6 is 0 Å². The molecule has 3 aliphatic heterocycles. The van der Waals surface area contributed by atoms with Crippen molar-refractivity contribution >= 4 is 35.8 Å². The van der Waals surface area contributed by atoms with E-state index in [4.69, 9.17) is 9.47 Å². The van der Waals surface area contributed by atoms with Gasteiger partial charge in [-0.3, -0.25) is 24.1 Å². The molecular weight excluding hydrogens is 742 g/mol. The molecule has 2 aromatic rings. The molecule has 0 aromatic heterocycles. The largest absolute Gasteiger partial charge is 0.444 e. The molecule has 2 aromatic carbocycles. The number of benzene rings is 2. The van der Waals surface area contributed by atoms with Gasteiger partial charge in [0.15, 0.2) is 0 Å². The normalized spacial score (nSPS) is 25.9. The van der Waals surface area contributed by atoms with Gasteiger partial charge in [-0.2, -0.15) is 0 Å². The number of allylic oxidation sites excluding steroid dienone is 1. The molecule has 3 heterocycles. The first-order chi connectivity index (χ1) is 27.1. The van der Waals surface area contributed by atoms with Crippen LogP contribution in [0.3, 0.4) is 0 Å². The van der Waals surface area contributed by atoms with Crippen molar-refractivity contribution in [2.24, 2.45) is 5.92 Å². The zero-order chi connectivity index (χ0) is 41.1. The van der Waals surface area contributed by atoms with Gasteiger partial charge in [0.1, 0.15) is 47.0 Å². The summed E-state index contributed by atoms with van der Waals surface area (Å²) in [6, 6.07) is 6.17. The molecule has 1 saturated heterocycles. The Kier molecular flexibility index (Phi) is 12.2. The van der Waals surface area contributed by atoms with Gasteiger partial charge in [0.05, 0.1) is 13.1 Å². The van der Waals surface area contributed by atoms with E-state index >= 15 is 0 Å². The van der Waals surface area contributed by atoms with E-state index in [-0.39, 0.29) is 38.9 Å². The Morgan fingerprint density at radius 2 is 1.75 bits per heavy atom. The summed E-state index contributed by atoms with van der Waals surface area (Å²) in [5, 5.41) is 10.8. The number of hydrogen-bond acceptors (Lipinski definition) is 8. The van der Waals surface area contributed by atoms with E-state index in [1.54, 1.807) is 32.9 Å². The van der Waals surface area contributed by atoms with Gasteiger partial charge >= 0.3 is 12.2 Å². The number of ether oxygens (including phenoxy) is 2. The summed E-state index contributed by atoms with van der Waals surface area (Å²) in [5.74, 6) is -3.93. The topological polar surface area (TPSA) is 175 Å². The second kappa shape index (κ2) is 16.9. The third-order valence-electron chi connectivity index (χ3n) is 10.8. The van der Waals surface area contributed by atoms with Gasteiger partial charge < -0.3 is 35.6 Å². The van der Waals surface area contributed by atoms with E-state index in [0.29, 0.717) is 36.0 Å². The summed E-state index contributed by atoms with van der Waals surface area (Å²) in [7, 11) is 1.40. The van der Waals surface area contributed by atoms with Gasteiger partial charge in [-0.05, 0) is 75.8 Å². The third kappa shape index (κ3) is 9.54. The van der Waals surface area contributed by atoms with Crippen LogP contribution in [0.15, 0.2) is 54.6 Å². The number of nitrogens with zero attached hydrogens (tertiary/aromatic N) is 2. The maximum atomic E-state index is 14.5. The maximum absolute atomic E-state index is 14.5. The molecular formula is C41H50F2N6O8. The van der Waals surface area contributed by atoms with Crippen LogP contribution in [0, 0.1) is 17.6 Å². The van der Waals surface area contributed by atoms with Crippen molar-refractivity contribution < 1.29 is 47.0 Å². The highest BCUT2D eigenvalue weighted by atomic mass is 19.1. The van der Waals surface area contributed by atoms with E-state index in [2.05, 4.69) is 21.3 Å². The first kappa shape index (κ1) is 41.1. The van der Waals surface area contributed by atoms with Crippen LogP contribution in [0.25, 0.3) is 0 Å². The molecule has 1 aliphatic carbocycles. The molecule has 0 bridgehead atoms. The number of amides is 6. The van der Waals surface area contributed by atoms with Gasteiger partial charge in [0.25, 0.3) is 0 Å². The number of carbonyl (C=O) groups is 6. The van der Waals surface area contributed by atoms with E-state index < -0.39 is 88.7 Å². The number of fused-ring (bicyclic) bond motifs is 3. The molecule has 2 fully saturated rings. The first-order valence-corrected chi connectivity index (χ1v) is 19.4. The summed E-state index contributed by atoms with van der Waals surface area (Å²) >= 11 is 0. The smallest absolute Gasteiger partial charge is 0.410 e. The lowest BCUT2D eigenvalue weighted by Crippen LogP contribution is -2.58. The Balaban J connectivity index is 1.27. The number of hydrogen-bond donors (Lipinski definition) is 4. The van der Waals surface area contributed by atoms with Crippen molar-refractivity contribution in [3.63, 3.8) is 0 Å². The fourth-order valence-electron chi connectivity index (χ4n) is 7.70. The lowest BCUT2D eigenvalue weighted by molar-refractivity contribution is -0.141. The number of halogens is 2. The van der Waals surface area contributed by atoms with Crippen molar-refractivity contribution in [1.29, 1.82) is 0 Å². The molecule has 6 atom stereocenters. The quantitative estimate of drug-likeness (QED) is 0.314. The molecule has 57 heavy (non-hydrogen) atoms. The van der Waals surface area contributed by atoms with E-state index in [9.17, 15) is 37.5 Å². The van der Waals surface area contributed by atoms with Crippen molar-refractivity contribution in [1.82, 2.24) is 31.1 Å². The average molecular weight is 793 g/mol. The van der Waals surface area contributed by atoms with Gasteiger partial charge in [0, 0.05) is 31.5 Å². The van der Waals surface area contributed by atoms with Crippen LogP contribution < -0.4 is 21.3 Å². The second-order valence-electron chi connectivity index (χ2n) is 16.1. The minimum atomic E-state index is -1.51. The van der Waals surface area contributed by atoms with Crippen molar-refractivity contribution in [3.8, 4) is 0 Å². The Morgan fingerprint density at radius 1 is 1.00 bits per heavy atom. The molecule has 1 saturated carbocycles. The van der Waals surface area contributed by atoms with Crippen LogP contribution in [0.4, 0.5) is 18.4 Å². The van der Waals surface area contributed by atoms with E-state index in [0.717, 1.165) is 6.42 Å². The Bertz CT molecular complexity index is 1920. The second-order valence-corrected chi connectivity index (χ2v) is 16.1. The minimum Gasteiger partial charge on any atom is -0.444 e. The van der Waals surface area contributed by atoms with E-state index in [1.165, 1.54) is 47.2 Å². The van der Waals surface area contributed by atoms with Crippen molar-refractivity contribution in [2.45, 2.75) is 114 Å². The molecule has 0 radical (unpaired) electrons. The van der Waals surface area contributed by atoms with Gasteiger partial charge in [-0.15, -0.1) is 0 Å². The highest BCUT2D eigenvalue weighted by molar-refractivity contribution is 6.00. The molecule has 0 unspecified atom stereocenters. The van der Waals surface area contributed by atoms with E-state index in [1.807, 2.05) is 12.2 Å². The number of carbonyl (C=O) groups excluding carboxylic acids is 6. The zero-order valence-corrected chi connectivity index (χ0v) is 32.6. The van der Waals surface area contributed by atoms with Crippen molar-refractivity contribution in [3.05, 3.63) is 82.9 Å². The number of rotatable bonds is 6. The summed E-state index contributed by atoms with van der Waals surface area (Å²) in [6.45, 7) is 4.99. The fraction of sp³-hybridized carbons (Fsp3) is 0.512. The van der Waals surface area contributed by atoms with Gasteiger partial charge in [-0.1, -0.05) is 49.3 Å². The lowest BCUT2D eigenvalue weighted by atomic mass is 10.0. The molecule has 6 rings (SSSR count). The van der Waals surface area contributed by atoms with Crippen molar-refractivity contribution in [2.75, 3.05) is 13.6 Å². The lowest BCUT2D eigenvalue weighted by Gasteiger charge is -2.30. The molecule has 14 nitrogen and oxygen atoms in total. The summed E-state index contributed by atoms with van der Waals surface area (Å²) in [4.78, 5) is 85.2. The SMILES string of the molecule is CNC(=O)[C@@H](NC(=O)[C@@]12C[C@@H]1/C=C\CCCCC[C@H](NC(=O)OC(C)(C)C)C(=O)N1C[C@H](OC(=O)N3Cc4cccc(F)c4C3)C[C@H]1C(=O)N2)c1ccc(F)cc1. The van der Waals surface area contributed by atoms with Crippen LogP contribution in [0.1, 0.15) is 88.4 Å². The van der Waals surface area contributed by atoms with Crippen LogP contribution in [-0.2, 0) is 41.7 Å². The third-order valence-corrected chi connectivity index (χ3v) is 10.8. The predicted octanol–water partition coefficient (Wildman–Crippen LogP) is 4.28. The number of nitrogens with one attached hydrogen (secondary N) is 4. The average Bonchev–Trinajstić information content (AvgIpc) is 3.45. The first-order valence-electron chi connectivity index (χ1n) is 19.4. The number of likely N-dealkylation sites (N-methyl/N-ethyl adjacent to an activating group) is 1. The molecule has 0 spiro atoms. The number of alkyl carbamates (subject to hydrolysis) is 1.